The zero-order valence-electron chi connectivity index (χ0n) is 7.20. The maximum Gasteiger partial charge on any atom is 0.107 e. The van der Waals surface area contributed by atoms with Crippen molar-refractivity contribution < 1.29 is 5.11 Å². The molecule has 13 heavy (non-hydrogen) atoms. The molecule has 3 heteroatoms. The first-order valence-corrected chi connectivity index (χ1v) is 4.34. The van der Waals surface area contributed by atoms with Gasteiger partial charge in [0.05, 0.1) is 17.3 Å². The molecule has 3 nitrogen and oxygen atoms in total. The van der Waals surface area contributed by atoms with Gasteiger partial charge in [-0.2, -0.15) is 5.26 Å². The molecule has 1 heterocycles. The van der Waals surface area contributed by atoms with Crippen LogP contribution in [0.15, 0.2) is 18.3 Å². The summed E-state index contributed by atoms with van der Waals surface area (Å²) in [5.74, 6) is 0. The van der Waals surface area contributed by atoms with Crippen molar-refractivity contribution in [1.29, 1.82) is 5.26 Å². The molecule has 1 aromatic rings. The highest BCUT2D eigenvalue weighted by atomic mass is 16.3. The van der Waals surface area contributed by atoms with Crippen molar-refractivity contribution in [3.63, 3.8) is 0 Å². The maximum absolute atomic E-state index is 9.93. The summed E-state index contributed by atoms with van der Waals surface area (Å²) in [6.07, 6.45) is 4.13. The van der Waals surface area contributed by atoms with Gasteiger partial charge in [0.25, 0.3) is 0 Å². The van der Waals surface area contributed by atoms with Crippen molar-refractivity contribution in [3.05, 3.63) is 29.6 Å². The lowest BCUT2D eigenvalue weighted by Crippen LogP contribution is -2.34. The van der Waals surface area contributed by atoms with Crippen LogP contribution in [0.25, 0.3) is 0 Å². The molecular formula is C10H10N2O. The standard InChI is InChI=1S/C10H10N2O/c11-7-8-2-5-12-9(6-8)10(13)3-1-4-10/h2,5-6,13H,1,3-4H2. The molecular weight excluding hydrogens is 164 g/mol. The second-order valence-corrected chi connectivity index (χ2v) is 3.43. The van der Waals surface area contributed by atoms with Gasteiger partial charge in [0.15, 0.2) is 0 Å². The van der Waals surface area contributed by atoms with Crippen LogP contribution in [0.3, 0.4) is 0 Å². The van der Waals surface area contributed by atoms with E-state index in [1.807, 2.05) is 6.07 Å². The first-order chi connectivity index (χ1) is 6.24. The van der Waals surface area contributed by atoms with Gasteiger partial charge in [-0.3, -0.25) is 4.98 Å². The Bertz CT molecular complexity index is 363. The van der Waals surface area contributed by atoms with Crippen LogP contribution in [0.4, 0.5) is 0 Å². The first kappa shape index (κ1) is 8.21. The van der Waals surface area contributed by atoms with Crippen molar-refractivity contribution in [2.24, 2.45) is 0 Å². The second kappa shape index (κ2) is 2.82. The van der Waals surface area contributed by atoms with E-state index in [1.54, 1.807) is 18.3 Å². The van der Waals surface area contributed by atoms with Gasteiger partial charge >= 0.3 is 0 Å². The Hall–Kier alpha value is -1.40. The van der Waals surface area contributed by atoms with Crippen LogP contribution < -0.4 is 0 Å². The molecule has 66 valence electrons. The summed E-state index contributed by atoms with van der Waals surface area (Å²) in [7, 11) is 0. The zero-order valence-corrected chi connectivity index (χ0v) is 7.20. The molecule has 2 rings (SSSR count). The third-order valence-corrected chi connectivity index (χ3v) is 2.55. The van der Waals surface area contributed by atoms with E-state index in [-0.39, 0.29) is 0 Å². The van der Waals surface area contributed by atoms with Crippen molar-refractivity contribution in [2.75, 3.05) is 0 Å². The quantitative estimate of drug-likeness (QED) is 0.698. The van der Waals surface area contributed by atoms with E-state index in [4.69, 9.17) is 5.26 Å². The number of pyridine rings is 1. The number of nitriles is 1. The molecule has 0 unspecified atom stereocenters. The van der Waals surface area contributed by atoms with E-state index < -0.39 is 5.60 Å². The monoisotopic (exact) mass is 174 g/mol. The molecule has 0 bridgehead atoms. The predicted octanol–water partition coefficient (Wildman–Crippen LogP) is 1.32. The van der Waals surface area contributed by atoms with Crippen LogP contribution in [-0.2, 0) is 5.60 Å². The summed E-state index contributed by atoms with van der Waals surface area (Å²) in [5, 5.41) is 18.6. The second-order valence-electron chi connectivity index (χ2n) is 3.43. The lowest BCUT2D eigenvalue weighted by atomic mass is 9.77. The molecule has 1 saturated carbocycles. The number of hydrogen-bond donors (Lipinski definition) is 1. The average molecular weight is 174 g/mol. The van der Waals surface area contributed by atoms with Gasteiger partial charge in [-0.1, -0.05) is 0 Å². The number of rotatable bonds is 1. The highest BCUT2D eigenvalue weighted by molar-refractivity contribution is 5.31. The normalized spacial score (nSPS) is 18.8. The van der Waals surface area contributed by atoms with Crippen molar-refractivity contribution >= 4 is 0 Å². The van der Waals surface area contributed by atoms with Crippen LogP contribution >= 0.6 is 0 Å². The SMILES string of the molecule is N#Cc1ccnc(C2(O)CCC2)c1. The van der Waals surface area contributed by atoms with Gasteiger partial charge in [-0.25, -0.2) is 0 Å². The maximum atomic E-state index is 9.93. The van der Waals surface area contributed by atoms with Crippen molar-refractivity contribution in [3.8, 4) is 6.07 Å². The molecule has 0 amide bonds. The minimum atomic E-state index is -0.757. The van der Waals surface area contributed by atoms with E-state index in [0.29, 0.717) is 11.3 Å². The van der Waals surface area contributed by atoms with Crippen LogP contribution in [0.5, 0.6) is 0 Å². The fourth-order valence-corrected chi connectivity index (χ4v) is 1.52. The predicted molar refractivity (Wildman–Crippen MR) is 46.7 cm³/mol. The van der Waals surface area contributed by atoms with Gasteiger partial charge in [0.1, 0.15) is 5.60 Å². The van der Waals surface area contributed by atoms with Crippen molar-refractivity contribution in [1.82, 2.24) is 4.98 Å². The first-order valence-electron chi connectivity index (χ1n) is 4.34. The average Bonchev–Trinajstić information content (AvgIpc) is 2.14. The van der Waals surface area contributed by atoms with E-state index in [2.05, 4.69) is 4.98 Å². The van der Waals surface area contributed by atoms with E-state index in [1.165, 1.54) is 0 Å². The molecule has 1 aliphatic carbocycles. The zero-order chi connectivity index (χ0) is 9.31. The van der Waals surface area contributed by atoms with Gasteiger partial charge < -0.3 is 5.11 Å². The Morgan fingerprint density at radius 1 is 1.54 bits per heavy atom. The van der Waals surface area contributed by atoms with Crippen LogP contribution in [-0.4, -0.2) is 10.1 Å². The molecule has 1 N–H and O–H groups in total. The Labute approximate surface area is 76.7 Å². The van der Waals surface area contributed by atoms with Gasteiger partial charge in [-0.15, -0.1) is 0 Å². The minimum absolute atomic E-state index is 0.560. The van der Waals surface area contributed by atoms with Crippen molar-refractivity contribution in [2.45, 2.75) is 24.9 Å². The number of nitrogens with zero attached hydrogens (tertiary/aromatic N) is 2. The Morgan fingerprint density at radius 2 is 2.31 bits per heavy atom. The summed E-state index contributed by atoms with van der Waals surface area (Å²) in [4.78, 5) is 4.08. The lowest BCUT2D eigenvalue weighted by molar-refractivity contribution is -0.0426. The summed E-state index contributed by atoms with van der Waals surface area (Å²) in [6.45, 7) is 0. The molecule has 1 fully saturated rings. The van der Waals surface area contributed by atoms with Crippen LogP contribution in [0, 0.1) is 11.3 Å². The minimum Gasteiger partial charge on any atom is -0.384 e. The summed E-state index contributed by atoms with van der Waals surface area (Å²) in [5.41, 5.74) is 0.440. The van der Waals surface area contributed by atoms with E-state index in [9.17, 15) is 5.11 Å². The Morgan fingerprint density at radius 3 is 2.85 bits per heavy atom. The smallest absolute Gasteiger partial charge is 0.107 e. The third kappa shape index (κ3) is 1.30. The molecule has 0 spiro atoms. The molecule has 0 radical (unpaired) electrons. The fourth-order valence-electron chi connectivity index (χ4n) is 1.52. The third-order valence-electron chi connectivity index (χ3n) is 2.55. The Balaban J connectivity index is 2.36. The largest absolute Gasteiger partial charge is 0.384 e. The summed E-state index contributed by atoms with van der Waals surface area (Å²) in [6, 6.07) is 5.35. The highest BCUT2D eigenvalue weighted by Crippen LogP contribution is 2.39. The number of hydrogen-bond acceptors (Lipinski definition) is 3. The number of aliphatic hydroxyl groups is 1. The molecule has 0 aliphatic heterocycles. The van der Waals surface area contributed by atoms with Gasteiger partial charge in [0.2, 0.25) is 0 Å². The summed E-state index contributed by atoms with van der Waals surface area (Å²) < 4.78 is 0. The fraction of sp³-hybridized carbons (Fsp3) is 0.400. The molecule has 0 saturated heterocycles. The topological polar surface area (TPSA) is 56.9 Å². The van der Waals surface area contributed by atoms with Crippen LogP contribution in [0.1, 0.15) is 30.5 Å². The van der Waals surface area contributed by atoms with Gasteiger partial charge in [-0.05, 0) is 31.4 Å². The highest BCUT2D eigenvalue weighted by Gasteiger charge is 2.37. The Kier molecular flexibility index (Phi) is 1.78. The number of aromatic nitrogens is 1. The molecule has 1 aromatic heterocycles. The molecule has 0 aromatic carbocycles. The van der Waals surface area contributed by atoms with E-state index >= 15 is 0 Å². The van der Waals surface area contributed by atoms with Gasteiger partial charge in [0, 0.05) is 6.20 Å². The van der Waals surface area contributed by atoms with Crippen LogP contribution in [0.2, 0.25) is 0 Å². The molecule has 0 atom stereocenters. The molecule has 1 aliphatic rings. The summed E-state index contributed by atoms with van der Waals surface area (Å²) >= 11 is 0. The van der Waals surface area contributed by atoms with E-state index in [0.717, 1.165) is 19.3 Å². The lowest BCUT2D eigenvalue weighted by Gasteiger charge is -2.35.